The molecule has 0 bridgehead atoms. The minimum Gasteiger partial charge on any atom is -0.392 e. The molecule has 5 nitrogen and oxygen atoms in total. The third-order valence-corrected chi connectivity index (χ3v) is 5.63. The second-order valence-electron chi connectivity index (χ2n) is 7.57. The van der Waals surface area contributed by atoms with E-state index >= 15 is 0 Å². The van der Waals surface area contributed by atoms with Gasteiger partial charge in [-0.05, 0) is 49.1 Å². The van der Waals surface area contributed by atoms with Crippen LogP contribution in [0.15, 0.2) is 36.7 Å². The number of rotatable bonds is 5. The number of hydrogen-bond donors (Lipinski definition) is 1. The number of hydrogen-bond acceptors (Lipinski definition) is 5. The molecule has 138 valence electrons. The highest BCUT2D eigenvalue weighted by Crippen LogP contribution is 2.27. The van der Waals surface area contributed by atoms with Gasteiger partial charge in [-0.3, -0.25) is 0 Å². The zero-order valence-corrected chi connectivity index (χ0v) is 15.3. The van der Waals surface area contributed by atoms with Crippen molar-refractivity contribution >= 4 is 11.6 Å². The molecule has 2 aliphatic heterocycles. The third kappa shape index (κ3) is 3.98. The van der Waals surface area contributed by atoms with Gasteiger partial charge in [-0.1, -0.05) is 24.3 Å². The lowest BCUT2D eigenvalue weighted by Crippen LogP contribution is -2.30. The SMILES string of the molecule is OCc1cccc(C[C@H]2CCN(c3cc(N4CCCCC4)ncn3)C2)c1. The van der Waals surface area contributed by atoms with E-state index in [1.165, 1.54) is 31.2 Å². The second-order valence-corrected chi connectivity index (χ2v) is 7.57. The first-order valence-electron chi connectivity index (χ1n) is 9.82. The van der Waals surface area contributed by atoms with Crippen LogP contribution >= 0.6 is 0 Å². The lowest BCUT2D eigenvalue weighted by Gasteiger charge is -2.28. The lowest BCUT2D eigenvalue weighted by atomic mass is 9.97. The van der Waals surface area contributed by atoms with Crippen LogP contribution in [0.4, 0.5) is 11.6 Å². The van der Waals surface area contributed by atoms with Crippen LogP contribution in [-0.2, 0) is 13.0 Å². The smallest absolute Gasteiger partial charge is 0.134 e. The van der Waals surface area contributed by atoms with Crippen molar-refractivity contribution in [2.45, 2.75) is 38.7 Å². The molecule has 4 rings (SSSR count). The van der Waals surface area contributed by atoms with Crippen molar-refractivity contribution < 1.29 is 5.11 Å². The number of aliphatic hydroxyl groups excluding tert-OH is 1. The first-order chi connectivity index (χ1) is 12.8. The van der Waals surface area contributed by atoms with E-state index in [1.807, 2.05) is 12.1 Å². The average molecular weight is 352 g/mol. The molecule has 0 amide bonds. The number of nitrogens with zero attached hydrogens (tertiary/aromatic N) is 4. The molecule has 0 saturated carbocycles. The van der Waals surface area contributed by atoms with E-state index in [-0.39, 0.29) is 6.61 Å². The van der Waals surface area contributed by atoms with Crippen LogP contribution in [0.3, 0.4) is 0 Å². The standard InChI is InChI=1S/C21H28N4O/c26-15-19-6-4-5-17(12-19)11-18-7-10-25(14-18)21-13-20(22-16-23-21)24-8-2-1-3-9-24/h4-6,12-13,16,18,26H,1-3,7-11,14-15H2/t18-/m1/s1. The van der Waals surface area contributed by atoms with Crippen molar-refractivity contribution in [3.8, 4) is 0 Å². The van der Waals surface area contributed by atoms with E-state index in [2.05, 4.69) is 38.0 Å². The van der Waals surface area contributed by atoms with Crippen LogP contribution in [0.1, 0.15) is 36.8 Å². The fourth-order valence-corrected chi connectivity index (χ4v) is 4.20. The van der Waals surface area contributed by atoms with Crippen molar-refractivity contribution in [3.05, 3.63) is 47.8 Å². The summed E-state index contributed by atoms with van der Waals surface area (Å²) < 4.78 is 0. The van der Waals surface area contributed by atoms with Gasteiger partial charge in [-0.2, -0.15) is 0 Å². The molecule has 0 unspecified atom stereocenters. The highest BCUT2D eigenvalue weighted by atomic mass is 16.3. The Morgan fingerprint density at radius 2 is 1.69 bits per heavy atom. The normalized spacial score (nSPS) is 20.6. The molecule has 0 aliphatic carbocycles. The summed E-state index contributed by atoms with van der Waals surface area (Å²) in [4.78, 5) is 13.8. The van der Waals surface area contributed by atoms with Gasteiger partial charge in [0, 0.05) is 32.2 Å². The monoisotopic (exact) mass is 352 g/mol. The van der Waals surface area contributed by atoms with Gasteiger partial charge in [-0.15, -0.1) is 0 Å². The van der Waals surface area contributed by atoms with Gasteiger partial charge in [0.05, 0.1) is 6.61 Å². The number of aliphatic hydroxyl groups is 1. The quantitative estimate of drug-likeness (QED) is 0.896. The Kier molecular flexibility index (Phi) is 5.34. The second kappa shape index (κ2) is 8.04. The van der Waals surface area contributed by atoms with E-state index in [1.54, 1.807) is 6.33 Å². The van der Waals surface area contributed by atoms with Gasteiger partial charge in [0.2, 0.25) is 0 Å². The first-order valence-corrected chi connectivity index (χ1v) is 9.82. The number of aromatic nitrogens is 2. The molecule has 2 saturated heterocycles. The lowest BCUT2D eigenvalue weighted by molar-refractivity contribution is 0.281. The highest BCUT2D eigenvalue weighted by Gasteiger charge is 2.24. The Hall–Kier alpha value is -2.14. The Morgan fingerprint density at radius 1 is 0.923 bits per heavy atom. The molecule has 2 aromatic rings. The van der Waals surface area contributed by atoms with Crippen LogP contribution in [-0.4, -0.2) is 41.3 Å². The molecule has 1 atom stereocenters. The first kappa shape index (κ1) is 17.3. The molecule has 1 N–H and O–H groups in total. The summed E-state index contributed by atoms with van der Waals surface area (Å²) in [6.45, 7) is 4.44. The van der Waals surface area contributed by atoms with Crippen LogP contribution in [0.2, 0.25) is 0 Å². The predicted molar refractivity (Wildman–Crippen MR) is 104 cm³/mol. The molecule has 5 heteroatoms. The van der Waals surface area contributed by atoms with Crippen molar-refractivity contribution in [1.82, 2.24) is 9.97 Å². The minimum absolute atomic E-state index is 0.116. The van der Waals surface area contributed by atoms with Crippen LogP contribution < -0.4 is 9.80 Å². The highest BCUT2D eigenvalue weighted by molar-refractivity contribution is 5.51. The average Bonchev–Trinajstić information content (AvgIpc) is 3.17. The molecular weight excluding hydrogens is 324 g/mol. The van der Waals surface area contributed by atoms with Gasteiger partial charge in [0.15, 0.2) is 0 Å². The van der Waals surface area contributed by atoms with Crippen LogP contribution in [0.5, 0.6) is 0 Å². The number of benzene rings is 1. The fourth-order valence-electron chi connectivity index (χ4n) is 4.20. The molecule has 0 spiro atoms. The van der Waals surface area contributed by atoms with E-state index in [0.717, 1.165) is 49.8 Å². The minimum atomic E-state index is 0.116. The largest absolute Gasteiger partial charge is 0.392 e. The van der Waals surface area contributed by atoms with Gasteiger partial charge in [0.25, 0.3) is 0 Å². The van der Waals surface area contributed by atoms with Crippen molar-refractivity contribution in [2.24, 2.45) is 5.92 Å². The molecule has 2 aliphatic rings. The van der Waals surface area contributed by atoms with Crippen molar-refractivity contribution in [2.75, 3.05) is 36.0 Å². The van der Waals surface area contributed by atoms with Crippen molar-refractivity contribution in [1.29, 1.82) is 0 Å². The molecular formula is C21H28N4O. The van der Waals surface area contributed by atoms with Gasteiger partial charge in [-0.25, -0.2) is 9.97 Å². The molecule has 1 aromatic carbocycles. The van der Waals surface area contributed by atoms with E-state index < -0.39 is 0 Å². The van der Waals surface area contributed by atoms with Gasteiger partial charge in [0.1, 0.15) is 18.0 Å². The summed E-state index contributed by atoms with van der Waals surface area (Å²) in [6, 6.07) is 10.5. The van der Waals surface area contributed by atoms with E-state index in [9.17, 15) is 5.11 Å². The third-order valence-electron chi connectivity index (χ3n) is 5.63. The summed E-state index contributed by atoms with van der Waals surface area (Å²) in [5, 5.41) is 9.32. The maximum atomic E-state index is 9.32. The topological polar surface area (TPSA) is 52.5 Å². The fraction of sp³-hybridized carbons (Fsp3) is 0.524. The predicted octanol–water partition coefficient (Wildman–Crippen LogP) is 3.03. The Morgan fingerprint density at radius 3 is 2.50 bits per heavy atom. The Bertz CT molecular complexity index is 729. The summed E-state index contributed by atoms with van der Waals surface area (Å²) in [7, 11) is 0. The van der Waals surface area contributed by atoms with Gasteiger partial charge >= 0.3 is 0 Å². The van der Waals surface area contributed by atoms with E-state index in [0.29, 0.717) is 5.92 Å². The molecule has 0 radical (unpaired) electrons. The molecule has 1 aromatic heterocycles. The van der Waals surface area contributed by atoms with Crippen LogP contribution in [0, 0.1) is 5.92 Å². The zero-order valence-electron chi connectivity index (χ0n) is 15.3. The summed E-state index contributed by atoms with van der Waals surface area (Å²) in [5.74, 6) is 2.78. The van der Waals surface area contributed by atoms with Gasteiger partial charge < -0.3 is 14.9 Å². The Labute approximate surface area is 155 Å². The maximum absolute atomic E-state index is 9.32. The zero-order chi connectivity index (χ0) is 17.8. The summed E-state index contributed by atoms with van der Waals surface area (Å²) >= 11 is 0. The van der Waals surface area contributed by atoms with E-state index in [4.69, 9.17) is 0 Å². The number of anilines is 2. The summed E-state index contributed by atoms with van der Waals surface area (Å²) in [5.41, 5.74) is 2.32. The summed E-state index contributed by atoms with van der Waals surface area (Å²) in [6.07, 6.45) is 7.83. The van der Waals surface area contributed by atoms with Crippen LogP contribution in [0.25, 0.3) is 0 Å². The molecule has 2 fully saturated rings. The number of piperidine rings is 1. The molecule has 26 heavy (non-hydrogen) atoms. The maximum Gasteiger partial charge on any atom is 0.134 e. The molecule has 3 heterocycles. The Balaban J connectivity index is 1.40. The van der Waals surface area contributed by atoms with Crippen molar-refractivity contribution in [3.63, 3.8) is 0 Å².